The minimum Gasteiger partial charge on any atom is -0.345 e. The van der Waals surface area contributed by atoms with E-state index in [1.807, 2.05) is 42.1 Å². The highest BCUT2D eigenvalue weighted by Gasteiger charge is 2.46. The summed E-state index contributed by atoms with van der Waals surface area (Å²) in [4.78, 5) is 7.72. The molecule has 1 saturated heterocycles. The number of rotatable bonds is 4. The first kappa shape index (κ1) is 17.4. The molecule has 4 heteroatoms. The Balaban J connectivity index is 1.76. The van der Waals surface area contributed by atoms with Crippen molar-refractivity contribution in [2.75, 3.05) is 12.3 Å². The normalized spacial score (nSPS) is 20.3. The second-order valence-electron chi connectivity index (χ2n) is 7.41. The maximum atomic E-state index is 9.39. The zero-order chi connectivity index (χ0) is 18.0. The fourth-order valence-electron chi connectivity index (χ4n) is 4.33. The molecular weight excluding hydrogens is 338 g/mol. The van der Waals surface area contributed by atoms with E-state index in [1.54, 1.807) is 0 Å². The lowest BCUT2D eigenvalue weighted by Crippen LogP contribution is -2.45. The number of unbranched alkanes of at least 4 members (excludes halogenated alkanes) is 1. The van der Waals surface area contributed by atoms with Gasteiger partial charge < -0.3 is 4.90 Å². The summed E-state index contributed by atoms with van der Waals surface area (Å²) in [6, 6.07) is 14.3. The second-order valence-corrected chi connectivity index (χ2v) is 8.35. The minimum absolute atomic E-state index is 0.334. The van der Waals surface area contributed by atoms with Gasteiger partial charge >= 0.3 is 0 Å². The molecule has 0 unspecified atom stereocenters. The van der Waals surface area contributed by atoms with E-state index in [0.29, 0.717) is 5.54 Å². The van der Waals surface area contributed by atoms with Crippen molar-refractivity contribution in [2.45, 2.75) is 51.0 Å². The molecule has 134 valence electrons. The van der Waals surface area contributed by atoms with Gasteiger partial charge in [0.05, 0.1) is 22.9 Å². The summed E-state index contributed by atoms with van der Waals surface area (Å²) in [5, 5.41) is 12.6. The smallest absolute Gasteiger partial charge is 0.164 e. The lowest BCUT2D eigenvalue weighted by atomic mass is 9.98. The van der Waals surface area contributed by atoms with Crippen molar-refractivity contribution in [1.29, 1.82) is 5.26 Å². The quantitative estimate of drug-likeness (QED) is 0.683. The fourth-order valence-corrected chi connectivity index (χ4v) is 5.77. The van der Waals surface area contributed by atoms with Gasteiger partial charge in [-0.05, 0) is 31.4 Å². The highest BCUT2D eigenvalue weighted by Crippen LogP contribution is 2.45. The molecule has 26 heavy (non-hydrogen) atoms. The standard InChI is InChI=1S/C22H25N3S/c1-2-3-14-25-21(26-16-22(25)12-6-7-13-22)24-20-11-10-17(15-23)18-8-4-5-9-19(18)20/h4-5,8-11H,2-3,6-7,12-14,16H2,1H3. The Labute approximate surface area is 160 Å². The molecule has 1 aliphatic carbocycles. The summed E-state index contributed by atoms with van der Waals surface area (Å²) < 4.78 is 0. The average Bonchev–Trinajstić information content (AvgIpc) is 3.28. The molecule has 1 saturated carbocycles. The largest absolute Gasteiger partial charge is 0.345 e. The summed E-state index contributed by atoms with van der Waals surface area (Å²) in [5.41, 5.74) is 2.04. The molecule has 0 atom stereocenters. The number of nitrogens with zero attached hydrogens (tertiary/aromatic N) is 3. The Hall–Kier alpha value is -1.99. The van der Waals surface area contributed by atoms with Crippen LogP contribution in [0.25, 0.3) is 10.8 Å². The van der Waals surface area contributed by atoms with Gasteiger partial charge in [0.1, 0.15) is 0 Å². The van der Waals surface area contributed by atoms with E-state index in [2.05, 4.69) is 24.0 Å². The van der Waals surface area contributed by atoms with Crippen molar-refractivity contribution in [3.63, 3.8) is 0 Å². The first-order valence-corrected chi connectivity index (χ1v) is 10.7. The molecule has 4 rings (SSSR count). The molecular formula is C22H25N3S. The van der Waals surface area contributed by atoms with E-state index in [4.69, 9.17) is 4.99 Å². The van der Waals surface area contributed by atoms with Crippen LogP contribution in [0, 0.1) is 11.3 Å². The van der Waals surface area contributed by atoms with Gasteiger partial charge in [0, 0.05) is 23.1 Å². The molecule has 2 aliphatic rings. The van der Waals surface area contributed by atoms with Gasteiger partial charge in [-0.2, -0.15) is 5.26 Å². The molecule has 0 amide bonds. The van der Waals surface area contributed by atoms with E-state index in [-0.39, 0.29) is 0 Å². The van der Waals surface area contributed by atoms with E-state index in [0.717, 1.165) is 28.6 Å². The summed E-state index contributed by atoms with van der Waals surface area (Å²) >= 11 is 1.92. The van der Waals surface area contributed by atoms with Crippen LogP contribution >= 0.6 is 11.8 Å². The fraction of sp³-hybridized carbons (Fsp3) is 0.455. The third kappa shape index (κ3) is 2.99. The van der Waals surface area contributed by atoms with Crippen LogP contribution in [0.2, 0.25) is 0 Å². The molecule has 1 spiro atoms. The van der Waals surface area contributed by atoms with Gasteiger partial charge in [-0.15, -0.1) is 0 Å². The van der Waals surface area contributed by atoms with Crippen LogP contribution in [-0.4, -0.2) is 27.9 Å². The predicted molar refractivity (Wildman–Crippen MR) is 111 cm³/mol. The number of thioether (sulfide) groups is 1. The van der Waals surface area contributed by atoms with E-state index in [9.17, 15) is 5.26 Å². The summed E-state index contributed by atoms with van der Waals surface area (Å²) in [7, 11) is 0. The third-order valence-electron chi connectivity index (χ3n) is 5.78. The summed E-state index contributed by atoms with van der Waals surface area (Å²) in [6.45, 7) is 3.37. The number of amidine groups is 1. The molecule has 3 nitrogen and oxygen atoms in total. The van der Waals surface area contributed by atoms with E-state index >= 15 is 0 Å². The van der Waals surface area contributed by atoms with Crippen LogP contribution in [0.3, 0.4) is 0 Å². The molecule has 1 aliphatic heterocycles. The van der Waals surface area contributed by atoms with Crippen molar-refractivity contribution in [3.05, 3.63) is 42.0 Å². The molecule has 0 bridgehead atoms. The number of benzene rings is 2. The zero-order valence-corrected chi connectivity index (χ0v) is 16.2. The first-order valence-electron chi connectivity index (χ1n) is 9.68. The van der Waals surface area contributed by atoms with Gasteiger partial charge in [-0.1, -0.05) is 62.2 Å². The number of hydrogen-bond donors (Lipinski definition) is 0. The lowest BCUT2D eigenvalue weighted by Gasteiger charge is -2.35. The van der Waals surface area contributed by atoms with E-state index < -0.39 is 0 Å². The number of aliphatic imine (C=N–C) groups is 1. The van der Waals surface area contributed by atoms with Crippen LogP contribution in [0.4, 0.5) is 5.69 Å². The lowest BCUT2D eigenvalue weighted by molar-refractivity contribution is 0.214. The molecule has 0 aromatic heterocycles. The molecule has 2 aromatic rings. The topological polar surface area (TPSA) is 39.4 Å². The molecule has 0 radical (unpaired) electrons. The number of hydrogen-bond acceptors (Lipinski definition) is 3. The van der Waals surface area contributed by atoms with E-state index in [1.165, 1.54) is 49.4 Å². The summed E-state index contributed by atoms with van der Waals surface area (Å²) in [6.07, 6.45) is 7.72. The van der Waals surface area contributed by atoms with Gasteiger partial charge in [0.15, 0.2) is 5.17 Å². The molecule has 1 heterocycles. The molecule has 2 fully saturated rings. The van der Waals surface area contributed by atoms with Gasteiger partial charge in [0.2, 0.25) is 0 Å². The van der Waals surface area contributed by atoms with Crippen LogP contribution in [0.5, 0.6) is 0 Å². The summed E-state index contributed by atoms with van der Waals surface area (Å²) in [5.74, 6) is 1.17. The average molecular weight is 364 g/mol. The highest BCUT2D eigenvalue weighted by molar-refractivity contribution is 8.14. The Morgan fingerprint density at radius 3 is 2.65 bits per heavy atom. The Morgan fingerprint density at radius 2 is 1.92 bits per heavy atom. The maximum Gasteiger partial charge on any atom is 0.164 e. The van der Waals surface area contributed by atoms with Crippen LogP contribution in [0.1, 0.15) is 51.0 Å². The van der Waals surface area contributed by atoms with Crippen LogP contribution in [-0.2, 0) is 0 Å². The number of fused-ring (bicyclic) bond motifs is 1. The van der Waals surface area contributed by atoms with Crippen molar-refractivity contribution in [1.82, 2.24) is 4.90 Å². The first-order chi connectivity index (χ1) is 12.8. The van der Waals surface area contributed by atoms with Crippen molar-refractivity contribution >= 4 is 33.4 Å². The maximum absolute atomic E-state index is 9.39. The monoisotopic (exact) mass is 363 g/mol. The Morgan fingerprint density at radius 1 is 1.15 bits per heavy atom. The van der Waals surface area contributed by atoms with Crippen molar-refractivity contribution in [2.24, 2.45) is 4.99 Å². The SMILES string of the molecule is CCCCN1C(=Nc2ccc(C#N)c3ccccc23)SCC12CCCC2. The molecule has 2 aromatic carbocycles. The van der Waals surface area contributed by atoms with Crippen molar-refractivity contribution in [3.8, 4) is 6.07 Å². The predicted octanol–water partition coefficient (Wildman–Crippen LogP) is 5.86. The van der Waals surface area contributed by atoms with Crippen molar-refractivity contribution < 1.29 is 0 Å². The van der Waals surface area contributed by atoms with Crippen LogP contribution < -0.4 is 0 Å². The zero-order valence-electron chi connectivity index (χ0n) is 15.4. The van der Waals surface area contributed by atoms with Gasteiger partial charge in [0.25, 0.3) is 0 Å². The van der Waals surface area contributed by atoms with Crippen LogP contribution in [0.15, 0.2) is 41.4 Å². The Bertz CT molecular complexity index is 875. The minimum atomic E-state index is 0.334. The number of nitriles is 1. The Kier molecular flexibility index (Phi) is 4.91. The highest BCUT2D eigenvalue weighted by atomic mass is 32.2. The van der Waals surface area contributed by atoms with Gasteiger partial charge in [-0.25, -0.2) is 4.99 Å². The second kappa shape index (κ2) is 7.32. The molecule has 0 N–H and O–H groups in total. The third-order valence-corrected chi connectivity index (χ3v) is 7.03. The van der Waals surface area contributed by atoms with Gasteiger partial charge in [-0.3, -0.25) is 0 Å².